The van der Waals surface area contributed by atoms with Gasteiger partial charge >= 0.3 is 0 Å². The third kappa shape index (κ3) is 4.43. The lowest BCUT2D eigenvalue weighted by molar-refractivity contribution is -0.000284. The summed E-state index contributed by atoms with van der Waals surface area (Å²) in [6, 6.07) is 12.6. The molecule has 0 bridgehead atoms. The molecule has 0 saturated carbocycles. The Hall–Kier alpha value is -1.40. The van der Waals surface area contributed by atoms with Gasteiger partial charge in [-0.2, -0.15) is 0 Å². The Morgan fingerprint density at radius 3 is 2.61 bits per heavy atom. The molecule has 0 radical (unpaired) electrons. The van der Waals surface area contributed by atoms with Gasteiger partial charge < -0.3 is 15.0 Å². The molecular weight excluding hydrogens is 348 g/mol. The van der Waals surface area contributed by atoms with Crippen LogP contribution in [0.5, 0.6) is 0 Å². The lowest BCUT2D eigenvalue weighted by atomic mass is 9.97. The molecule has 0 aliphatic carbocycles. The van der Waals surface area contributed by atoms with Crippen LogP contribution in [0.25, 0.3) is 10.9 Å². The maximum atomic E-state index is 9.66. The lowest BCUT2D eigenvalue weighted by Gasteiger charge is -2.48. The van der Waals surface area contributed by atoms with Gasteiger partial charge in [-0.3, -0.25) is 9.80 Å². The average Bonchev–Trinajstić information content (AvgIpc) is 3.11. The van der Waals surface area contributed by atoms with Gasteiger partial charge in [0.25, 0.3) is 0 Å². The quantitative estimate of drug-likeness (QED) is 0.804. The molecule has 5 nitrogen and oxygen atoms in total. The van der Waals surface area contributed by atoms with E-state index in [2.05, 4.69) is 63.9 Å². The number of rotatable bonds is 6. The smallest absolute Gasteiger partial charge is 0.0456 e. The topological polar surface area (TPSA) is 45.7 Å². The van der Waals surface area contributed by atoms with Crippen LogP contribution in [0.2, 0.25) is 0 Å². The van der Waals surface area contributed by atoms with Crippen LogP contribution in [0, 0.1) is 0 Å². The Bertz CT molecular complexity index is 717. The number of aromatic nitrogens is 1. The molecule has 2 N–H and O–H groups in total. The van der Waals surface area contributed by atoms with Gasteiger partial charge in [-0.05, 0) is 63.7 Å². The third-order valence-electron chi connectivity index (χ3n) is 6.75. The van der Waals surface area contributed by atoms with Crippen molar-refractivity contribution in [3.05, 3.63) is 36.0 Å². The molecule has 2 fully saturated rings. The van der Waals surface area contributed by atoms with Gasteiger partial charge in [0.15, 0.2) is 0 Å². The molecule has 3 heterocycles. The summed E-state index contributed by atoms with van der Waals surface area (Å²) in [6.45, 7) is 11.6. The van der Waals surface area contributed by atoms with Crippen LogP contribution < -0.4 is 0 Å². The SMILES string of the molecule is CC(C)N1CCC(N2CCN(Cc3cc4ccccc4[nH]3)CC2CCO)CC1. The first-order chi connectivity index (χ1) is 13.6. The van der Waals surface area contributed by atoms with Crippen molar-refractivity contribution in [3.8, 4) is 0 Å². The predicted molar refractivity (Wildman–Crippen MR) is 116 cm³/mol. The fraction of sp³-hybridized carbons (Fsp3) is 0.652. The minimum absolute atomic E-state index is 0.284. The number of aliphatic hydroxyl groups is 1. The Morgan fingerprint density at radius 2 is 1.89 bits per heavy atom. The van der Waals surface area contributed by atoms with E-state index >= 15 is 0 Å². The van der Waals surface area contributed by atoms with E-state index in [9.17, 15) is 5.11 Å². The molecule has 5 heteroatoms. The highest BCUT2D eigenvalue weighted by atomic mass is 16.3. The molecular formula is C23H36N4O. The monoisotopic (exact) mass is 384 g/mol. The fourth-order valence-corrected chi connectivity index (χ4v) is 5.16. The largest absolute Gasteiger partial charge is 0.396 e. The van der Waals surface area contributed by atoms with Gasteiger partial charge in [0.1, 0.15) is 0 Å². The van der Waals surface area contributed by atoms with Crippen molar-refractivity contribution in [1.29, 1.82) is 0 Å². The first-order valence-corrected chi connectivity index (χ1v) is 11.0. The van der Waals surface area contributed by atoms with Crippen molar-refractivity contribution < 1.29 is 5.11 Å². The molecule has 1 aromatic carbocycles. The number of benzene rings is 1. The minimum atomic E-state index is 0.284. The average molecular weight is 385 g/mol. The number of nitrogens with zero attached hydrogens (tertiary/aromatic N) is 3. The maximum absolute atomic E-state index is 9.66. The van der Waals surface area contributed by atoms with Crippen molar-refractivity contribution in [1.82, 2.24) is 19.7 Å². The number of piperazine rings is 1. The molecule has 1 unspecified atom stereocenters. The molecule has 2 aliphatic heterocycles. The number of H-pyrrole nitrogens is 1. The summed E-state index contributed by atoms with van der Waals surface area (Å²) in [5.41, 5.74) is 2.52. The van der Waals surface area contributed by atoms with E-state index in [1.165, 1.54) is 42.5 Å². The summed E-state index contributed by atoms with van der Waals surface area (Å²) in [5.74, 6) is 0. The summed E-state index contributed by atoms with van der Waals surface area (Å²) in [7, 11) is 0. The Balaban J connectivity index is 1.37. The molecule has 154 valence electrons. The standard InChI is InChI=1S/C23H36N4O/c1-18(2)26-10-7-21(8-11-26)27-13-12-25(17-22(27)9-14-28)16-20-15-19-5-3-4-6-23(19)24-20/h3-6,15,18,21-22,24,28H,7-14,16-17H2,1-2H3. The second-order valence-corrected chi connectivity index (χ2v) is 8.88. The van der Waals surface area contributed by atoms with Crippen LogP contribution in [0.3, 0.4) is 0 Å². The Kier molecular flexibility index (Phi) is 6.36. The molecule has 2 saturated heterocycles. The van der Waals surface area contributed by atoms with Gasteiger partial charge in [0.2, 0.25) is 0 Å². The minimum Gasteiger partial charge on any atom is -0.396 e. The number of aliphatic hydroxyl groups excluding tert-OH is 1. The lowest BCUT2D eigenvalue weighted by Crippen LogP contribution is -2.58. The highest BCUT2D eigenvalue weighted by Gasteiger charge is 2.33. The first kappa shape index (κ1) is 19.9. The first-order valence-electron chi connectivity index (χ1n) is 11.0. The number of fused-ring (bicyclic) bond motifs is 1. The van der Waals surface area contributed by atoms with E-state index in [0.29, 0.717) is 18.1 Å². The summed E-state index contributed by atoms with van der Waals surface area (Å²) in [5, 5.41) is 11.0. The van der Waals surface area contributed by atoms with E-state index in [1.54, 1.807) is 0 Å². The number of hydrogen-bond acceptors (Lipinski definition) is 4. The van der Waals surface area contributed by atoms with Crippen LogP contribution in [-0.2, 0) is 6.54 Å². The molecule has 28 heavy (non-hydrogen) atoms. The summed E-state index contributed by atoms with van der Waals surface area (Å²) in [6.07, 6.45) is 3.41. The molecule has 2 aromatic rings. The Morgan fingerprint density at radius 1 is 1.11 bits per heavy atom. The zero-order chi connectivity index (χ0) is 19.5. The number of piperidine rings is 1. The van der Waals surface area contributed by atoms with Gasteiger partial charge in [0, 0.05) is 62.1 Å². The number of para-hydroxylation sites is 1. The third-order valence-corrected chi connectivity index (χ3v) is 6.75. The van der Waals surface area contributed by atoms with Crippen molar-refractivity contribution in [2.24, 2.45) is 0 Å². The molecule has 1 atom stereocenters. The van der Waals surface area contributed by atoms with E-state index in [-0.39, 0.29) is 6.61 Å². The molecule has 1 aromatic heterocycles. The summed E-state index contributed by atoms with van der Waals surface area (Å²) in [4.78, 5) is 11.4. The Labute approximate surface area is 169 Å². The van der Waals surface area contributed by atoms with Crippen LogP contribution in [-0.4, -0.2) is 82.2 Å². The van der Waals surface area contributed by atoms with Gasteiger partial charge in [-0.15, -0.1) is 0 Å². The zero-order valence-corrected chi connectivity index (χ0v) is 17.5. The summed E-state index contributed by atoms with van der Waals surface area (Å²) < 4.78 is 0. The zero-order valence-electron chi connectivity index (χ0n) is 17.5. The highest BCUT2D eigenvalue weighted by Crippen LogP contribution is 2.25. The number of hydrogen-bond donors (Lipinski definition) is 2. The van der Waals surface area contributed by atoms with Crippen LogP contribution >= 0.6 is 0 Å². The van der Waals surface area contributed by atoms with E-state index in [1.807, 2.05) is 0 Å². The predicted octanol–water partition coefficient (Wildman–Crippen LogP) is 2.91. The molecule has 0 spiro atoms. The van der Waals surface area contributed by atoms with Crippen LogP contribution in [0.1, 0.15) is 38.8 Å². The van der Waals surface area contributed by atoms with Crippen molar-refractivity contribution in [3.63, 3.8) is 0 Å². The van der Waals surface area contributed by atoms with Crippen molar-refractivity contribution in [2.45, 2.75) is 57.8 Å². The second kappa shape index (κ2) is 8.95. The van der Waals surface area contributed by atoms with Crippen molar-refractivity contribution >= 4 is 10.9 Å². The molecule has 2 aliphatic rings. The number of likely N-dealkylation sites (tertiary alicyclic amines) is 1. The van der Waals surface area contributed by atoms with Crippen LogP contribution in [0.15, 0.2) is 30.3 Å². The van der Waals surface area contributed by atoms with E-state index in [0.717, 1.165) is 32.6 Å². The second-order valence-electron chi connectivity index (χ2n) is 8.88. The highest BCUT2D eigenvalue weighted by molar-refractivity contribution is 5.80. The normalized spacial score (nSPS) is 23.8. The number of aromatic amines is 1. The van der Waals surface area contributed by atoms with Crippen molar-refractivity contribution in [2.75, 3.05) is 39.3 Å². The van der Waals surface area contributed by atoms with Crippen LogP contribution in [0.4, 0.5) is 0 Å². The van der Waals surface area contributed by atoms with Gasteiger partial charge in [0.05, 0.1) is 0 Å². The van der Waals surface area contributed by atoms with E-state index < -0.39 is 0 Å². The summed E-state index contributed by atoms with van der Waals surface area (Å²) >= 11 is 0. The van der Waals surface area contributed by atoms with Gasteiger partial charge in [-0.1, -0.05) is 18.2 Å². The van der Waals surface area contributed by atoms with E-state index in [4.69, 9.17) is 0 Å². The maximum Gasteiger partial charge on any atom is 0.0456 e. The number of nitrogens with one attached hydrogen (secondary N) is 1. The molecule has 4 rings (SSSR count). The fourth-order valence-electron chi connectivity index (χ4n) is 5.16. The van der Waals surface area contributed by atoms with Gasteiger partial charge in [-0.25, -0.2) is 0 Å². The molecule has 0 amide bonds.